The van der Waals surface area contributed by atoms with Gasteiger partial charge >= 0.3 is 0 Å². The Balaban J connectivity index is 2.56. The molecule has 0 bridgehead atoms. The van der Waals surface area contributed by atoms with Gasteiger partial charge < -0.3 is 10.6 Å². The van der Waals surface area contributed by atoms with Crippen molar-refractivity contribution in [2.75, 3.05) is 18.4 Å². The van der Waals surface area contributed by atoms with E-state index in [2.05, 4.69) is 21.5 Å². The van der Waals surface area contributed by atoms with Crippen LogP contribution >= 0.6 is 0 Å². The molecule has 1 aromatic rings. The molecule has 0 radical (unpaired) electrons. The van der Waals surface area contributed by atoms with Gasteiger partial charge in [0, 0.05) is 0 Å². The maximum absolute atomic E-state index is 11.2. The Hall–Kier alpha value is -2.53. The van der Waals surface area contributed by atoms with Gasteiger partial charge in [0.15, 0.2) is 0 Å². The average Bonchev–Trinajstić information content (AvgIpc) is 2.35. The smallest absolute Gasteiger partial charge is 0.240 e. The Kier molecular flexibility index (Phi) is 4.53. The van der Waals surface area contributed by atoms with Crippen LogP contribution in [-0.2, 0) is 4.79 Å². The molecule has 0 atom stereocenters. The number of aryl methyl sites for hydroxylation is 1. The second kappa shape index (κ2) is 6.14. The van der Waals surface area contributed by atoms with E-state index in [1.165, 1.54) is 0 Å². The molecule has 0 saturated carbocycles. The second-order valence-electron chi connectivity index (χ2n) is 3.31. The number of carbonyl (C=O) groups excluding carboxylic acids is 1. The SMILES string of the molecule is C#CCNC(=O)CNc1ccc(C)c(C#N)n1. The Morgan fingerprint density at radius 2 is 2.35 bits per heavy atom. The predicted octanol–water partition coefficient (Wildman–Crippen LogP) is 0.423. The van der Waals surface area contributed by atoms with Gasteiger partial charge in [0.25, 0.3) is 0 Å². The van der Waals surface area contributed by atoms with Crippen LogP contribution in [0.3, 0.4) is 0 Å². The molecule has 17 heavy (non-hydrogen) atoms. The number of hydrogen-bond donors (Lipinski definition) is 2. The minimum Gasteiger partial charge on any atom is -0.361 e. The summed E-state index contributed by atoms with van der Waals surface area (Å²) in [5.74, 6) is 2.57. The van der Waals surface area contributed by atoms with Crippen molar-refractivity contribution < 1.29 is 4.79 Å². The van der Waals surface area contributed by atoms with Gasteiger partial charge in [0.2, 0.25) is 5.91 Å². The van der Waals surface area contributed by atoms with Gasteiger partial charge in [-0.2, -0.15) is 5.26 Å². The number of rotatable bonds is 4. The van der Waals surface area contributed by atoms with Crippen LogP contribution in [0.15, 0.2) is 12.1 Å². The summed E-state index contributed by atoms with van der Waals surface area (Å²) in [6, 6.07) is 5.46. The monoisotopic (exact) mass is 228 g/mol. The Labute approximate surface area is 99.9 Å². The average molecular weight is 228 g/mol. The number of aromatic nitrogens is 1. The first-order valence-electron chi connectivity index (χ1n) is 4.99. The lowest BCUT2D eigenvalue weighted by molar-refractivity contribution is -0.119. The first kappa shape index (κ1) is 12.5. The van der Waals surface area contributed by atoms with Gasteiger partial charge in [0.05, 0.1) is 13.1 Å². The molecular weight excluding hydrogens is 216 g/mol. The molecule has 5 heteroatoms. The Bertz CT molecular complexity index is 496. The third-order valence-corrected chi connectivity index (χ3v) is 2.02. The van der Waals surface area contributed by atoms with Crippen molar-refractivity contribution in [3.63, 3.8) is 0 Å². The van der Waals surface area contributed by atoms with E-state index in [0.717, 1.165) is 5.56 Å². The summed E-state index contributed by atoms with van der Waals surface area (Å²) in [6.07, 6.45) is 5.01. The van der Waals surface area contributed by atoms with Gasteiger partial charge in [-0.25, -0.2) is 4.98 Å². The molecule has 1 rings (SSSR count). The normalized spacial score (nSPS) is 8.88. The van der Waals surface area contributed by atoms with Crippen LogP contribution in [-0.4, -0.2) is 24.0 Å². The first-order valence-corrected chi connectivity index (χ1v) is 4.99. The molecule has 1 heterocycles. The Morgan fingerprint density at radius 3 is 3.00 bits per heavy atom. The largest absolute Gasteiger partial charge is 0.361 e. The summed E-state index contributed by atoms with van der Waals surface area (Å²) < 4.78 is 0. The molecule has 5 nitrogen and oxygen atoms in total. The molecular formula is C12H12N4O. The number of nitriles is 1. The molecule has 1 amide bonds. The molecule has 2 N–H and O–H groups in total. The highest BCUT2D eigenvalue weighted by Crippen LogP contribution is 2.08. The lowest BCUT2D eigenvalue weighted by Crippen LogP contribution is -2.30. The summed E-state index contributed by atoms with van der Waals surface area (Å²) in [5, 5.41) is 14.1. The molecule has 0 aliphatic rings. The van der Waals surface area contributed by atoms with E-state index in [4.69, 9.17) is 11.7 Å². The van der Waals surface area contributed by atoms with E-state index in [-0.39, 0.29) is 19.0 Å². The Morgan fingerprint density at radius 1 is 1.59 bits per heavy atom. The van der Waals surface area contributed by atoms with E-state index < -0.39 is 0 Å². The highest BCUT2D eigenvalue weighted by Gasteiger charge is 2.03. The van der Waals surface area contributed by atoms with Crippen LogP contribution in [0, 0.1) is 30.6 Å². The van der Waals surface area contributed by atoms with Crippen molar-refractivity contribution in [3.8, 4) is 18.4 Å². The lowest BCUT2D eigenvalue weighted by atomic mass is 10.2. The highest BCUT2D eigenvalue weighted by molar-refractivity contribution is 5.80. The molecule has 0 saturated heterocycles. The van der Waals surface area contributed by atoms with Gasteiger partial charge in [0.1, 0.15) is 17.6 Å². The molecule has 0 unspecified atom stereocenters. The highest BCUT2D eigenvalue weighted by atomic mass is 16.1. The van der Waals surface area contributed by atoms with Crippen LogP contribution in [0.2, 0.25) is 0 Å². The number of hydrogen-bond acceptors (Lipinski definition) is 4. The standard InChI is InChI=1S/C12H12N4O/c1-3-6-14-12(17)8-15-11-5-4-9(2)10(7-13)16-11/h1,4-5H,6,8H2,2H3,(H,14,17)(H,15,16). The van der Waals surface area contributed by atoms with Gasteiger partial charge in [-0.1, -0.05) is 12.0 Å². The van der Waals surface area contributed by atoms with Crippen molar-refractivity contribution >= 4 is 11.7 Å². The first-order chi connectivity index (χ1) is 8.17. The number of nitrogens with zero attached hydrogens (tertiary/aromatic N) is 2. The van der Waals surface area contributed by atoms with Gasteiger partial charge in [-0.05, 0) is 18.6 Å². The van der Waals surface area contributed by atoms with E-state index in [1.54, 1.807) is 19.1 Å². The number of nitrogens with one attached hydrogen (secondary N) is 2. The van der Waals surface area contributed by atoms with E-state index in [9.17, 15) is 4.79 Å². The molecule has 0 aromatic carbocycles. The van der Waals surface area contributed by atoms with Crippen molar-refractivity contribution in [2.45, 2.75) is 6.92 Å². The quantitative estimate of drug-likeness (QED) is 0.732. The van der Waals surface area contributed by atoms with Gasteiger partial charge in [-0.3, -0.25) is 4.79 Å². The van der Waals surface area contributed by atoms with Crippen LogP contribution in [0.1, 0.15) is 11.3 Å². The van der Waals surface area contributed by atoms with E-state index in [1.807, 2.05) is 6.07 Å². The number of anilines is 1. The summed E-state index contributed by atoms with van der Waals surface area (Å²) in [5.41, 5.74) is 1.15. The van der Waals surface area contributed by atoms with Crippen molar-refractivity contribution in [2.24, 2.45) is 0 Å². The lowest BCUT2D eigenvalue weighted by Gasteiger charge is -2.06. The fraction of sp³-hybridized carbons (Fsp3) is 0.250. The maximum Gasteiger partial charge on any atom is 0.240 e. The topological polar surface area (TPSA) is 77.8 Å². The molecule has 1 aromatic heterocycles. The van der Waals surface area contributed by atoms with Crippen molar-refractivity contribution in [1.82, 2.24) is 10.3 Å². The second-order valence-corrected chi connectivity index (χ2v) is 3.31. The summed E-state index contributed by atoms with van der Waals surface area (Å²) in [7, 11) is 0. The molecule has 0 aliphatic heterocycles. The third-order valence-electron chi connectivity index (χ3n) is 2.02. The van der Waals surface area contributed by atoms with Crippen LogP contribution in [0.5, 0.6) is 0 Å². The molecule has 0 aliphatic carbocycles. The van der Waals surface area contributed by atoms with Crippen LogP contribution in [0.4, 0.5) is 5.82 Å². The number of amides is 1. The van der Waals surface area contributed by atoms with E-state index in [0.29, 0.717) is 11.5 Å². The predicted molar refractivity (Wildman–Crippen MR) is 64.0 cm³/mol. The van der Waals surface area contributed by atoms with Crippen LogP contribution < -0.4 is 10.6 Å². The zero-order valence-electron chi connectivity index (χ0n) is 9.45. The molecule has 0 spiro atoms. The number of terminal acetylenes is 1. The summed E-state index contributed by atoms with van der Waals surface area (Å²) >= 11 is 0. The molecule has 86 valence electrons. The minimum absolute atomic E-state index is 0.0720. The van der Waals surface area contributed by atoms with Crippen LogP contribution in [0.25, 0.3) is 0 Å². The fourth-order valence-electron chi connectivity index (χ4n) is 1.12. The van der Waals surface area contributed by atoms with Gasteiger partial charge in [-0.15, -0.1) is 6.42 Å². The maximum atomic E-state index is 11.2. The zero-order valence-corrected chi connectivity index (χ0v) is 9.45. The minimum atomic E-state index is -0.219. The third kappa shape index (κ3) is 3.84. The fourth-order valence-corrected chi connectivity index (χ4v) is 1.12. The zero-order chi connectivity index (χ0) is 12.7. The summed E-state index contributed by atoms with van der Waals surface area (Å²) in [6.45, 7) is 2.07. The summed E-state index contributed by atoms with van der Waals surface area (Å²) in [4.78, 5) is 15.3. The van der Waals surface area contributed by atoms with Crippen molar-refractivity contribution in [1.29, 1.82) is 5.26 Å². The van der Waals surface area contributed by atoms with E-state index >= 15 is 0 Å². The molecule has 0 fully saturated rings. The number of pyridine rings is 1. The number of carbonyl (C=O) groups is 1. The van der Waals surface area contributed by atoms with Crippen molar-refractivity contribution in [3.05, 3.63) is 23.4 Å².